The number of nitrogens with one attached hydrogen (secondary N) is 1. The van der Waals surface area contributed by atoms with Gasteiger partial charge in [0, 0.05) is 13.1 Å². The molecule has 5 nitrogen and oxygen atoms in total. The van der Waals surface area contributed by atoms with Gasteiger partial charge in [-0.05, 0) is 25.0 Å². The van der Waals surface area contributed by atoms with E-state index in [2.05, 4.69) is 5.32 Å². The Morgan fingerprint density at radius 2 is 1.86 bits per heavy atom. The van der Waals surface area contributed by atoms with Gasteiger partial charge in [-0.3, -0.25) is 4.79 Å². The van der Waals surface area contributed by atoms with Gasteiger partial charge in [0.15, 0.2) is 0 Å². The summed E-state index contributed by atoms with van der Waals surface area (Å²) in [6.45, 7) is 4.29. The summed E-state index contributed by atoms with van der Waals surface area (Å²) in [5, 5.41) is 2.98. The summed E-state index contributed by atoms with van der Waals surface area (Å²) in [5.41, 5.74) is 1.14. The summed E-state index contributed by atoms with van der Waals surface area (Å²) >= 11 is 0. The van der Waals surface area contributed by atoms with Crippen LogP contribution in [0, 0.1) is 0 Å². The van der Waals surface area contributed by atoms with Crippen LogP contribution in [-0.2, 0) is 9.53 Å². The van der Waals surface area contributed by atoms with Gasteiger partial charge in [0.1, 0.15) is 0 Å². The van der Waals surface area contributed by atoms with E-state index in [-0.39, 0.29) is 18.5 Å². The number of hydrogen-bond acceptors (Lipinski definition) is 4. The molecule has 1 aromatic rings. The highest BCUT2D eigenvalue weighted by Gasteiger charge is 2.17. The minimum Gasteiger partial charge on any atom is -0.465 e. The van der Waals surface area contributed by atoms with Crippen molar-refractivity contribution in [2.24, 2.45) is 0 Å². The minimum atomic E-state index is -0.405. The fourth-order valence-corrected chi connectivity index (χ4v) is 2.16. The predicted molar refractivity (Wildman–Crippen MR) is 83.6 cm³/mol. The third kappa shape index (κ3) is 4.77. The van der Waals surface area contributed by atoms with E-state index in [1.54, 1.807) is 30.1 Å². The summed E-state index contributed by atoms with van der Waals surface area (Å²) in [7, 11) is 3.13. The van der Waals surface area contributed by atoms with Crippen LogP contribution in [0.1, 0.15) is 37.0 Å². The van der Waals surface area contributed by atoms with Gasteiger partial charge in [-0.15, -0.1) is 0 Å². The molecule has 0 heterocycles. The van der Waals surface area contributed by atoms with E-state index in [0.29, 0.717) is 11.3 Å². The Hall–Kier alpha value is -2.04. The number of methoxy groups -OCH3 is 1. The molecule has 0 saturated carbocycles. The van der Waals surface area contributed by atoms with Gasteiger partial charge < -0.3 is 15.0 Å². The van der Waals surface area contributed by atoms with Crippen LogP contribution in [0.2, 0.25) is 0 Å². The van der Waals surface area contributed by atoms with Gasteiger partial charge >= 0.3 is 5.97 Å². The van der Waals surface area contributed by atoms with E-state index >= 15 is 0 Å². The number of rotatable bonds is 7. The molecule has 0 saturated heterocycles. The summed E-state index contributed by atoms with van der Waals surface area (Å²) in [6, 6.07) is 7.29. The summed E-state index contributed by atoms with van der Waals surface area (Å²) in [6.07, 6.45) is 1.81. The molecule has 1 amide bonds. The number of likely N-dealkylation sites (N-methyl/N-ethyl adjacent to an activating group) is 1. The molecule has 0 aliphatic rings. The summed E-state index contributed by atoms with van der Waals surface area (Å²) in [5.74, 6) is -0.455. The first-order valence-corrected chi connectivity index (χ1v) is 7.21. The van der Waals surface area contributed by atoms with Crippen molar-refractivity contribution in [2.45, 2.75) is 32.7 Å². The molecule has 0 fully saturated rings. The largest absolute Gasteiger partial charge is 0.465 e. The molecule has 21 heavy (non-hydrogen) atoms. The monoisotopic (exact) mass is 292 g/mol. The smallest absolute Gasteiger partial charge is 0.339 e. The number of esters is 1. The molecule has 5 heteroatoms. The van der Waals surface area contributed by atoms with Crippen molar-refractivity contribution in [2.75, 3.05) is 25.6 Å². The Morgan fingerprint density at radius 3 is 2.43 bits per heavy atom. The summed E-state index contributed by atoms with van der Waals surface area (Å²) < 4.78 is 4.77. The van der Waals surface area contributed by atoms with Crippen LogP contribution < -0.4 is 10.2 Å². The zero-order valence-corrected chi connectivity index (χ0v) is 13.2. The van der Waals surface area contributed by atoms with Crippen molar-refractivity contribution in [3.05, 3.63) is 29.8 Å². The molecule has 1 aromatic carbocycles. The van der Waals surface area contributed by atoms with Crippen LogP contribution >= 0.6 is 0 Å². The van der Waals surface area contributed by atoms with Crippen molar-refractivity contribution in [1.29, 1.82) is 0 Å². The number of nitrogens with zero attached hydrogens (tertiary/aromatic N) is 1. The Morgan fingerprint density at radius 1 is 1.24 bits per heavy atom. The maximum Gasteiger partial charge on any atom is 0.339 e. The lowest BCUT2D eigenvalue weighted by Gasteiger charge is -2.22. The lowest BCUT2D eigenvalue weighted by Crippen LogP contribution is -2.40. The van der Waals surface area contributed by atoms with Gasteiger partial charge in [0.25, 0.3) is 0 Å². The standard InChI is InChI=1S/C16H24N2O3/c1-5-12(6-2)17-15(19)11-18(3)14-10-8-7-9-13(14)16(20)21-4/h7-10,12H,5-6,11H2,1-4H3,(H,17,19). The van der Waals surface area contributed by atoms with Crippen molar-refractivity contribution in [3.8, 4) is 0 Å². The second-order valence-corrected chi connectivity index (χ2v) is 4.95. The van der Waals surface area contributed by atoms with Crippen LogP contribution in [0.15, 0.2) is 24.3 Å². The van der Waals surface area contributed by atoms with Crippen molar-refractivity contribution < 1.29 is 14.3 Å². The van der Waals surface area contributed by atoms with E-state index in [4.69, 9.17) is 4.74 Å². The van der Waals surface area contributed by atoms with Crippen molar-refractivity contribution in [1.82, 2.24) is 5.32 Å². The highest BCUT2D eigenvalue weighted by Crippen LogP contribution is 2.19. The zero-order valence-electron chi connectivity index (χ0n) is 13.2. The molecule has 1 N–H and O–H groups in total. The second kappa shape index (κ2) is 8.29. The fourth-order valence-electron chi connectivity index (χ4n) is 2.16. The number of anilines is 1. The number of amides is 1. The van der Waals surface area contributed by atoms with Crippen LogP contribution in [0.3, 0.4) is 0 Å². The topological polar surface area (TPSA) is 58.6 Å². The molecular weight excluding hydrogens is 268 g/mol. The molecule has 0 spiro atoms. The normalized spacial score (nSPS) is 10.3. The van der Waals surface area contributed by atoms with Gasteiger partial charge in [-0.1, -0.05) is 26.0 Å². The maximum absolute atomic E-state index is 12.0. The average Bonchev–Trinajstić information content (AvgIpc) is 2.51. The maximum atomic E-state index is 12.0. The molecule has 0 aromatic heterocycles. The Bertz CT molecular complexity index is 484. The van der Waals surface area contributed by atoms with Crippen molar-refractivity contribution >= 4 is 17.6 Å². The quantitative estimate of drug-likeness (QED) is 0.783. The van der Waals surface area contributed by atoms with Crippen LogP contribution in [0.25, 0.3) is 0 Å². The highest BCUT2D eigenvalue weighted by atomic mass is 16.5. The number of carbonyl (C=O) groups excluding carboxylic acids is 2. The zero-order chi connectivity index (χ0) is 15.8. The van der Waals surface area contributed by atoms with Crippen LogP contribution in [0.5, 0.6) is 0 Å². The van der Waals surface area contributed by atoms with E-state index in [0.717, 1.165) is 12.8 Å². The molecule has 0 aliphatic carbocycles. The number of para-hydroxylation sites is 1. The number of ether oxygens (including phenoxy) is 1. The van der Waals surface area contributed by atoms with Gasteiger partial charge in [-0.25, -0.2) is 4.79 Å². The fraction of sp³-hybridized carbons (Fsp3) is 0.500. The number of hydrogen-bond donors (Lipinski definition) is 1. The molecule has 0 unspecified atom stereocenters. The molecule has 116 valence electrons. The molecule has 0 aliphatic heterocycles. The highest BCUT2D eigenvalue weighted by molar-refractivity contribution is 5.96. The predicted octanol–water partition coefficient (Wildman–Crippen LogP) is 2.21. The van der Waals surface area contributed by atoms with Gasteiger partial charge in [0.05, 0.1) is 24.9 Å². The second-order valence-electron chi connectivity index (χ2n) is 4.95. The van der Waals surface area contributed by atoms with E-state index in [9.17, 15) is 9.59 Å². The molecular formula is C16H24N2O3. The van der Waals surface area contributed by atoms with E-state index in [1.807, 2.05) is 19.9 Å². The first-order chi connectivity index (χ1) is 10.0. The Balaban J connectivity index is 2.78. The third-order valence-electron chi connectivity index (χ3n) is 3.45. The van der Waals surface area contributed by atoms with Gasteiger partial charge in [-0.2, -0.15) is 0 Å². The van der Waals surface area contributed by atoms with Crippen LogP contribution in [0.4, 0.5) is 5.69 Å². The lowest BCUT2D eigenvalue weighted by molar-refractivity contribution is -0.120. The van der Waals surface area contributed by atoms with E-state index < -0.39 is 5.97 Å². The average molecular weight is 292 g/mol. The molecule has 0 radical (unpaired) electrons. The van der Waals surface area contributed by atoms with Gasteiger partial charge in [0.2, 0.25) is 5.91 Å². The lowest BCUT2D eigenvalue weighted by atomic mass is 10.1. The first kappa shape index (κ1) is 17.0. The Labute approximate surface area is 126 Å². The first-order valence-electron chi connectivity index (χ1n) is 7.21. The summed E-state index contributed by atoms with van der Waals surface area (Å²) in [4.78, 5) is 25.5. The SMILES string of the molecule is CCC(CC)NC(=O)CN(C)c1ccccc1C(=O)OC. The third-order valence-corrected chi connectivity index (χ3v) is 3.45. The van der Waals surface area contributed by atoms with E-state index in [1.165, 1.54) is 7.11 Å². The van der Waals surface area contributed by atoms with Crippen LogP contribution in [-0.4, -0.2) is 38.6 Å². The minimum absolute atomic E-state index is 0.0501. The Kier molecular flexibility index (Phi) is 6.72. The molecule has 0 atom stereocenters. The molecule has 1 rings (SSSR count). The number of carbonyl (C=O) groups is 2. The van der Waals surface area contributed by atoms with Crippen molar-refractivity contribution in [3.63, 3.8) is 0 Å². The molecule has 0 bridgehead atoms. The number of benzene rings is 1.